The number of pyridine rings is 1. The van der Waals surface area contributed by atoms with Crippen molar-refractivity contribution < 1.29 is 19.1 Å². The van der Waals surface area contributed by atoms with Gasteiger partial charge in [-0.05, 0) is 46.9 Å². The molecule has 0 bridgehead atoms. The lowest BCUT2D eigenvalue weighted by atomic mass is 9.94. The number of nitrogens with zero attached hydrogens (tertiary/aromatic N) is 2. The number of fused-ring (bicyclic) bond motifs is 2. The highest BCUT2D eigenvalue weighted by Crippen LogP contribution is 2.37. The van der Waals surface area contributed by atoms with Crippen molar-refractivity contribution in [3.05, 3.63) is 47.8 Å². The number of amides is 2. The average Bonchev–Trinajstić information content (AvgIpc) is 3.09. The molecule has 8 heteroatoms. The molecule has 1 aliphatic carbocycles. The van der Waals surface area contributed by atoms with Gasteiger partial charge in [-0.25, -0.2) is 9.37 Å². The zero-order valence-electron chi connectivity index (χ0n) is 14.8. The molecular weight excluding hydrogens is 363 g/mol. The van der Waals surface area contributed by atoms with Crippen LogP contribution in [0.25, 0.3) is 16.8 Å². The molecule has 2 aliphatic rings. The molecule has 1 aliphatic heterocycles. The Hall–Kier alpha value is -3.26. The Morgan fingerprint density at radius 1 is 1.32 bits per heavy atom. The molecule has 28 heavy (non-hydrogen) atoms. The van der Waals surface area contributed by atoms with Crippen LogP contribution >= 0.6 is 0 Å². The Kier molecular flexibility index (Phi) is 3.70. The summed E-state index contributed by atoms with van der Waals surface area (Å²) < 4.78 is 14.8. The minimum absolute atomic E-state index is 0.0775. The van der Waals surface area contributed by atoms with Crippen molar-refractivity contribution in [1.82, 2.24) is 9.38 Å². The molecule has 2 aromatic heterocycles. The molecule has 142 valence electrons. The first-order valence-corrected chi connectivity index (χ1v) is 9.03. The van der Waals surface area contributed by atoms with Gasteiger partial charge in [-0.15, -0.1) is 0 Å². The lowest BCUT2D eigenvalue weighted by Gasteiger charge is -2.13. The van der Waals surface area contributed by atoms with Gasteiger partial charge in [0.2, 0.25) is 11.8 Å². The van der Waals surface area contributed by atoms with E-state index in [1.54, 1.807) is 28.8 Å². The topological polar surface area (TPSA) is 95.7 Å². The maximum absolute atomic E-state index is 13.0. The highest BCUT2D eigenvalue weighted by atomic mass is 19.1. The summed E-state index contributed by atoms with van der Waals surface area (Å²) >= 11 is 0. The molecular formula is C20H17FN4O3. The van der Waals surface area contributed by atoms with Crippen molar-refractivity contribution in [1.29, 1.82) is 0 Å². The molecule has 2 atom stereocenters. The van der Waals surface area contributed by atoms with Crippen molar-refractivity contribution >= 4 is 29.0 Å². The van der Waals surface area contributed by atoms with Crippen LogP contribution in [0.5, 0.6) is 0 Å². The van der Waals surface area contributed by atoms with Gasteiger partial charge in [0.05, 0.1) is 25.1 Å². The van der Waals surface area contributed by atoms with E-state index in [0.717, 1.165) is 27.9 Å². The van der Waals surface area contributed by atoms with Crippen LogP contribution in [0.3, 0.4) is 0 Å². The van der Waals surface area contributed by atoms with Gasteiger partial charge in [-0.2, -0.15) is 0 Å². The molecule has 0 saturated heterocycles. The number of aliphatic hydroxyl groups excluding tert-OH is 1. The third kappa shape index (κ3) is 2.73. The number of rotatable bonds is 4. The molecule has 3 N–H and O–H groups in total. The lowest BCUT2D eigenvalue weighted by Crippen LogP contribution is -2.15. The zero-order chi connectivity index (χ0) is 19.4. The monoisotopic (exact) mass is 380 g/mol. The van der Waals surface area contributed by atoms with Gasteiger partial charge in [0.1, 0.15) is 11.8 Å². The Bertz CT molecular complexity index is 1140. The summed E-state index contributed by atoms with van der Waals surface area (Å²) in [6.45, 7) is -0.147. The van der Waals surface area contributed by atoms with Gasteiger partial charge in [0.25, 0.3) is 0 Å². The third-order valence-corrected chi connectivity index (χ3v) is 5.22. The van der Waals surface area contributed by atoms with Crippen LogP contribution < -0.4 is 10.6 Å². The molecule has 3 heterocycles. The summed E-state index contributed by atoms with van der Waals surface area (Å²) in [6.07, 6.45) is 2.96. The molecule has 2 unspecified atom stereocenters. The Balaban J connectivity index is 1.53. The minimum Gasteiger partial charge on any atom is -0.392 e. The Morgan fingerprint density at radius 3 is 2.89 bits per heavy atom. The second kappa shape index (κ2) is 6.13. The minimum atomic E-state index is -1.06. The number of aromatic nitrogens is 2. The van der Waals surface area contributed by atoms with E-state index < -0.39 is 12.1 Å². The van der Waals surface area contributed by atoms with Gasteiger partial charge in [-0.3, -0.25) is 9.59 Å². The number of nitrogens with one attached hydrogen (secondary N) is 2. The average molecular weight is 380 g/mol. The normalized spacial score (nSPS) is 20.1. The quantitative estimate of drug-likeness (QED) is 0.647. The largest absolute Gasteiger partial charge is 0.392 e. The Labute approximate surface area is 159 Å². The summed E-state index contributed by atoms with van der Waals surface area (Å²) in [6, 6.07) is 7.26. The fraction of sp³-hybridized carbons (Fsp3) is 0.250. The maximum atomic E-state index is 13.0. The van der Waals surface area contributed by atoms with Gasteiger partial charge in [-0.1, -0.05) is 6.07 Å². The third-order valence-electron chi connectivity index (χ3n) is 5.22. The predicted molar refractivity (Wildman–Crippen MR) is 101 cm³/mol. The number of carbonyl (C=O) groups excluding carboxylic acids is 2. The number of hydrogen-bond donors (Lipinski definition) is 3. The van der Waals surface area contributed by atoms with Crippen molar-refractivity contribution in [3.8, 4) is 11.1 Å². The van der Waals surface area contributed by atoms with Crippen LogP contribution in [0.2, 0.25) is 0 Å². The van der Waals surface area contributed by atoms with Crippen LogP contribution in [0, 0.1) is 5.92 Å². The number of alkyl halides is 1. The summed E-state index contributed by atoms with van der Waals surface area (Å²) in [5, 5.41) is 15.2. The Morgan fingerprint density at radius 2 is 2.14 bits per heavy atom. The van der Waals surface area contributed by atoms with Gasteiger partial charge in [0.15, 0.2) is 5.82 Å². The van der Waals surface area contributed by atoms with Gasteiger partial charge in [0, 0.05) is 11.9 Å². The first-order chi connectivity index (χ1) is 13.5. The van der Waals surface area contributed by atoms with Crippen molar-refractivity contribution in [2.75, 3.05) is 10.6 Å². The molecule has 0 spiro atoms. The summed E-state index contributed by atoms with van der Waals surface area (Å²) in [4.78, 5) is 28.1. The molecule has 3 aromatic rings. The fourth-order valence-corrected chi connectivity index (χ4v) is 3.70. The number of hydrogen-bond acceptors (Lipinski definition) is 4. The fourth-order valence-electron chi connectivity index (χ4n) is 3.70. The lowest BCUT2D eigenvalue weighted by molar-refractivity contribution is -0.117. The van der Waals surface area contributed by atoms with E-state index >= 15 is 0 Å². The summed E-state index contributed by atoms with van der Waals surface area (Å²) in [7, 11) is 0. The molecule has 1 saturated carbocycles. The predicted octanol–water partition coefficient (Wildman–Crippen LogP) is 2.28. The smallest absolute Gasteiger partial charge is 0.231 e. The van der Waals surface area contributed by atoms with E-state index in [1.807, 2.05) is 12.3 Å². The standard InChI is InChI=1S/C20H17FN4O3/c21-14-5-12(14)20(28)24-16-8-25-7-10(2-4-17(25)23-16)19-11(9-26)1-3-15-13(19)6-18(27)22-15/h1-4,7-8,12,14,26H,5-6,9H2,(H,22,27)(H,24,28). The molecule has 7 nitrogen and oxygen atoms in total. The summed E-state index contributed by atoms with van der Waals surface area (Å²) in [5.74, 6) is -0.654. The van der Waals surface area contributed by atoms with E-state index in [1.165, 1.54) is 0 Å². The van der Waals surface area contributed by atoms with E-state index in [-0.39, 0.29) is 31.3 Å². The van der Waals surface area contributed by atoms with Crippen molar-refractivity contribution in [2.24, 2.45) is 5.92 Å². The highest BCUT2D eigenvalue weighted by Gasteiger charge is 2.43. The van der Waals surface area contributed by atoms with Crippen LogP contribution in [0.15, 0.2) is 36.7 Å². The molecule has 2 amide bonds. The summed E-state index contributed by atoms with van der Waals surface area (Å²) in [5.41, 5.74) is 4.60. The number of anilines is 2. The van der Waals surface area contributed by atoms with E-state index in [2.05, 4.69) is 15.6 Å². The first kappa shape index (κ1) is 16.9. The number of benzene rings is 1. The van der Waals surface area contributed by atoms with E-state index in [4.69, 9.17) is 0 Å². The van der Waals surface area contributed by atoms with Crippen LogP contribution in [0.1, 0.15) is 17.5 Å². The number of halogens is 1. The second-order valence-corrected chi connectivity index (χ2v) is 7.17. The van der Waals surface area contributed by atoms with E-state index in [0.29, 0.717) is 11.5 Å². The molecule has 1 aromatic carbocycles. The van der Waals surface area contributed by atoms with Crippen molar-refractivity contribution in [3.63, 3.8) is 0 Å². The SMILES string of the molecule is O=C1Cc2c(ccc(CO)c2-c2ccc3nc(NC(=O)C4CC4F)cn3c2)N1. The number of carbonyl (C=O) groups is 2. The van der Waals surface area contributed by atoms with Crippen LogP contribution in [-0.2, 0) is 22.6 Å². The number of aliphatic hydroxyl groups is 1. The van der Waals surface area contributed by atoms with E-state index in [9.17, 15) is 19.1 Å². The highest BCUT2D eigenvalue weighted by molar-refractivity contribution is 6.02. The zero-order valence-corrected chi connectivity index (χ0v) is 14.8. The molecule has 0 radical (unpaired) electrons. The first-order valence-electron chi connectivity index (χ1n) is 9.03. The number of imidazole rings is 1. The molecule has 1 fully saturated rings. The van der Waals surface area contributed by atoms with Crippen molar-refractivity contribution in [2.45, 2.75) is 25.6 Å². The van der Waals surface area contributed by atoms with Crippen LogP contribution in [-0.4, -0.2) is 32.5 Å². The second-order valence-electron chi connectivity index (χ2n) is 7.17. The van der Waals surface area contributed by atoms with Gasteiger partial charge >= 0.3 is 0 Å². The van der Waals surface area contributed by atoms with Crippen LogP contribution in [0.4, 0.5) is 15.9 Å². The van der Waals surface area contributed by atoms with Gasteiger partial charge < -0.3 is 20.1 Å². The maximum Gasteiger partial charge on any atom is 0.231 e. The molecule has 5 rings (SSSR count).